The summed E-state index contributed by atoms with van der Waals surface area (Å²) in [5.41, 5.74) is -2.42. The summed E-state index contributed by atoms with van der Waals surface area (Å²) in [5.74, 6) is -2.26. The number of carbonyl (C=O) groups excluding carboxylic acids is 3. The third-order valence-corrected chi connectivity index (χ3v) is 8.88. The van der Waals surface area contributed by atoms with E-state index < -0.39 is 46.8 Å². The first kappa shape index (κ1) is 21.2. The normalized spacial score (nSPS) is 49.7. The molecule has 0 amide bonds. The quantitative estimate of drug-likeness (QED) is 0.683. The van der Waals surface area contributed by atoms with Crippen molar-refractivity contribution >= 4 is 17.3 Å². The molecule has 0 aromatic carbocycles. The van der Waals surface area contributed by atoms with E-state index >= 15 is 0 Å². The van der Waals surface area contributed by atoms with Crippen LogP contribution in [0.1, 0.15) is 47.0 Å². The second-order valence-electron chi connectivity index (χ2n) is 10.8. The van der Waals surface area contributed by atoms with Crippen molar-refractivity contribution in [2.75, 3.05) is 6.61 Å². The van der Waals surface area contributed by atoms with Gasteiger partial charge in [-0.05, 0) is 50.7 Å². The van der Waals surface area contributed by atoms with Crippen LogP contribution in [0.2, 0.25) is 0 Å². The fourth-order valence-electron chi connectivity index (χ4n) is 7.89. The van der Waals surface area contributed by atoms with E-state index in [1.54, 1.807) is 19.9 Å². The first-order valence-corrected chi connectivity index (χ1v) is 11.1. The van der Waals surface area contributed by atoms with Crippen LogP contribution in [0.3, 0.4) is 0 Å². The van der Waals surface area contributed by atoms with E-state index in [2.05, 4.69) is 0 Å². The van der Waals surface area contributed by atoms with Gasteiger partial charge in [0.2, 0.25) is 0 Å². The molecule has 5 aliphatic rings. The monoisotopic (exact) mass is 430 g/mol. The Hall–Kier alpha value is -1.67. The van der Waals surface area contributed by atoms with Gasteiger partial charge in [0.15, 0.2) is 28.7 Å². The third kappa shape index (κ3) is 2.46. The minimum Gasteiger partial charge on any atom is -0.393 e. The van der Waals surface area contributed by atoms with E-state index in [4.69, 9.17) is 9.47 Å². The van der Waals surface area contributed by atoms with E-state index in [9.17, 15) is 24.6 Å². The highest BCUT2D eigenvalue weighted by Crippen LogP contribution is 2.69. The van der Waals surface area contributed by atoms with Crippen LogP contribution >= 0.6 is 0 Å². The molecule has 1 aliphatic heterocycles. The molecule has 3 saturated carbocycles. The van der Waals surface area contributed by atoms with Crippen molar-refractivity contribution < 1.29 is 34.1 Å². The summed E-state index contributed by atoms with van der Waals surface area (Å²) in [6.45, 7) is 6.70. The van der Waals surface area contributed by atoms with Crippen molar-refractivity contribution in [1.82, 2.24) is 0 Å². The summed E-state index contributed by atoms with van der Waals surface area (Å²) in [5, 5.41) is 21.3. The molecule has 0 spiro atoms. The molecule has 8 atom stereocenters. The molecule has 1 heterocycles. The zero-order valence-electron chi connectivity index (χ0n) is 18.4. The minimum absolute atomic E-state index is 0.0836. The van der Waals surface area contributed by atoms with Gasteiger partial charge in [-0.15, -0.1) is 0 Å². The highest BCUT2D eigenvalue weighted by atomic mass is 16.8. The number of aliphatic hydroxyl groups is 2. The fraction of sp³-hybridized carbons (Fsp3) is 0.708. The zero-order valence-corrected chi connectivity index (χ0v) is 18.4. The average Bonchev–Trinajstić information content (AvgIpc) is 3.08. The Morgan fingerprint density at radius 1 is 1.23 bits per heavy atom. The van der Waals surface area contributed by atoms with Gasteiger partial charge < -0.3 is 19.7 Å². The van der Waals surface area contributed by atoms with Crippen LogP contribution in [0.4, 0.5) is 0 Å². The van der Waals surface area contributed by atoms with Crippen LogP contribution in [0.5, 0.6) is 0 Å². The number of rotatable bonds is 2. The predicted molar refractivity (Wildman–Crippen MR) is 109 cm³/mol. The van der Waals surface area contributed by atoms with Crippen molar-refractivity contribution in [3.8, 4) is 0 Å². The standard InChI is InChI=1S/C24H30O7/c1-21(2)30-19-9-14-13-8-16(27)15-7-12(26)5-6-22(15,3)20(13)17(28)10-23(14,4)24(19,31-21)18(29)11-25/h5-7,13-14,17,19-20,25,28H,8-11H2,1-4H3/t13-,14-,17-,19+,20+,22-,23-,24+/m0/s1. The van der Waals surface area contributed by atoms with E-state index in [1.165, 1.54) is 12.2 Å². The van der Waals surface area contributed by atoms with Crippen LogP contribution < -0.4 is 0 Å². The van der Waals surface area contributed by atoms with Gasteiger partial charge >= 0.3 is 0 Å². The average molecular weight is 430 g/mol. The highest BCUT2D eigenvalue weighted by Gasteiger charge is 2.77. The molecule has 0 aromatic heterocycles. The molecule has 0 unspecified atom stereocenters. The number of hydrogen-bond acceptors (Lipinski definition) is 7. The molecule has 5 rings (SSSR count). The first-order valence-electron chi connectivity index (χ1n) is 11.1. The topological polar surface area (TPSA) is 110 Å². The second kappa shape index (κ2) is 6.22. The number of ether oxygens (including phenoxy) is 2. The molecule has 0 bridgehead atoms. The van der Waals surface area contributed by atoms with Gasteiger partial charge in [-0.2, -0.15) is 0 Å². The lowest BCUT2D eigenvalue weighted by Gasteiger charge is -2.59. The SMILES string of the molecule is CC1(C)O[C@@H]2C[C@H]3[C@@H]4CC(=O)C5=CC(=O)C=C[C@]5(C)[C@H]4[C@@H](O)C[C@]3(C)[C@]2(C(=O)CO)O1. The number of fused-ring (bicyclic) bond motifs is 7. The lowest BCUT2D eigenvalue weighted by molar-refractivity contribution is -0.225. The number of ketones is 3. The highest BCUT2D eigenvalue weighted by molar-refractivity contribution is 6.10. The molecule has 1 saturated heterocycles. The van der Waals surface area contributed by atoms with Gasteiger partial charge in [0, 0.05) is 28.7 Å². The largest absolute Gasteiger partial charge is 0.393 e. The molecule has 31 heavy (non-hydrogen) atoms. The van der Waals surface area contributed by atoms with Gasteiger partial charge in [-0.1, -0.05) is 19.9 Å². The lowest BCUT2D eigenvalue weighted by atomic mass is 9.46. The lowest BCUT2D eigenvalue weighted by Crippen LogP contribution is -2.64. The van der Waals surface area contributed by atoms with Crippen molar-refractivity contribution in [3.05, 3.63) is 23.8 Å². The molecule has 0 radical (unpaired) electrons. The number of aliphatic hydroxyl groups excluding tert-OH is 2. The van der Waals surface area contributed by atoms with Crippen LogP contribution in [0.15, 0.2) is 23.8 Å². The number of hydrogen-bond donors (Lipinski definition) is 2. The molecular weight excluding hydrogens is 400 g/mol. The Bertz CT molecular complexity index is 948. The summed E-state index contributed by atoms with van der Waals surface area (Å²) in [6, 6.07) is 0. The number of Topliss-reactive ketones (excluding diaryl/α,β-unsaturated/α-hetero) is 2. The Labute approximate surface area is 181 Å². The van der Waals surface area contributed by atoms with Gasteiger partial charge in [0.25, 0.3) is 0 Å². The Morgan fingerprint density at radius 2 is 1.94 bits per heavy atom. The Morgan fingerprint density at radius 3 is 2.61 bits per heavy atom. The van der Waals surface area contributed by atoms with E-state index in [-0.39, 0.29) is 35.7 Å². The molecule has 168 valence electrons. The van der Waals surface area contributed by atoms with Crippen LogP contribution in [0.25, 0.3) is 0 Å². The maximum absolute atomic E-state index is 13.2. The first-order chi connectivity index (χ1) is 14.4. The molecule has 0 aromatic rings. The van der Waals surface area contributed by atoms with Gasteiger partial charge in [0.05, 0.1) is 12.2 Å². The maximum Gasteiger partial charge on any atom is 0.193 e. The van der Waals surface area contributed by atoms with Gasteiger partial charge in [0.1, 0.15) is 6.61 Å². The minimum atomic E-state index is -1.36. The number of carbonyl (C=O) groups is 3. The van der Waals surface area contributed by atoms with E-state index in [0.29, 0.717) is 18.4 Å². The molecule has 7 heteroatoms. The van der Waals surface area contributed by atoms with Crippen molar-refractivity contribution in [3.63, 3.8) is 0 Å². The van der Waals surface area contributed by atoms with E-state index in [1.807, 2.05) is 13.8 Å². The van der Waals surface area contributed by atoms with Gasteiger partial charge in [-0.25, -0.2) is 0 Å². The summed E-state index contributed by atoms with van der Waals surface area (Å²) in [4.78, 5) is 38.3. The predicted octanol–water partition coefficient (Wildman–Crippen LogP) is 1.51. The fourth-order valence-corrected chi connectivity index (χ4v) is 7.89. The van der Waals surface area contributed by atoms with E-state index in [0.717, 1.165) is 0 Å². The Balaban J connectivity index is 1.62. The summed E-state index contributed by atoms with van der Waals surface area (Å²) in [6.07, 6.45) is 4.33. The summed E-state index contributed by atoms with van der Waals surface area (Å²) < 4.78 is 12.4. The Kier molecular flexibility index (Phi) is 4.25. The molecule has 4 fully saturated rings. The van der Waals surface area contributed by atoms with Crippen LogP contribution in [-0.4, -0.2) is 57.8 Å². The van der Waals surface area contributed by atoms with Crippen molar-refractivity contribution in [2.45, 2.75) is 70.6 Å². The molecule has 7 nitrogen and oxygen atoms in total. The van der Waals surface area contributed by atoms with Crippen LogP contribution in [0, 0.1) is 28.6 Å². The van der Waals surface area contributed by atoms with Crippen LogP contribution in [-0.2, 0) is 23.9 Å². The molecule has 4 aliphatic carbocycles. The van der Waals surface area contributed by atoms with Crippen molar-refractivity contribution in [2.24, 2.45) is 28.6 Å². The smallest absolute Gasteiger partial charge is 0.193 e. The molecule has 2 N–H and O–H groups in total. The number of allylic oxidation sites excluding steroid dienone is 4. The summed E-state index contributed by atoms with van der Waals surface area (Å²) >= 11 is 0. The van der Waals surface area contributed by atoms with Crippen molar-refractivity contribution in [1.29, 1.82) is 0 Å². The maximum atomic E-state index is 13.2. The second-order valence-corrected chi connectivity index (χ2v) is 10.8. The van der Waals surface area contributed by atoms with Gasteiger partial charge in [-0.3, -0.25) is 14.4 Å². The molecular formula is C24H30O7. The third-order valence-electron chi connectivity index (χ3n) is 8.88. The summed E-state index contributed by atoms with van der Waals surface area (Å²) in [7, 11) is 0. The zero-order chi connectivity index (χ0) is 22.6.